The summed E-state index contributed by atoms with van der Waals surface area (Å²) in [6, 6.07) is 39.0. The highest BCUT2D eigenvalue weighted by atomic mass is 32.2. The topological polar surface area (TPSA) is 462 Å². The van der Waals surface area contributed by atoms with E-state index in [4.69, 9.17) is 16.7 Å². The predicted molar refractivity (Wildman–Crippen MR) is 412 cm³/mol. The average Bonchev–Trinajstić information content (AvgIpc) is 1.69. The summed E-state index contributed by atoms with van der Waals surface area (Å²) in [5, 5.41) is 77.9. The van der Waals surface area contributed by atoms with E-state index in [-0.39, 0.29) is 54.8 Å². The number of H-pyrrole nitrogens is 4. The van der Waals surface area contributed by atoms with E-state index in [9.17, 15) is 31.8 Å². The second kappa shape index (κ2) is 32.1. The van der Waals surface area contributed by atoms with Gasteiger partial charge in [0.1, 0.15) is 17.5 Å². The van der Waals surface area contributed by atoms with Crippen LogP contribution in [0.3, 0.4) is 0 Å². The van der Waals surface area contributed by atoms with Gasteiger partial charge < -0.3 is 41.9 Å². The lowest BCUT2D eigenvalue weighted by Gasteiger charge is -2.10. The van der Waals surface area contributed by atoms with Gasteiger partial charge in [0, 0.05) is 154 Å². The van der Waals surface area contributed by atoms with Crippen LogP contribution in [0, 0.1) is 12.3 Å². The number of nitrogens with one attached hydrogen (secondary N) is 10. The third kappa shape index (κ3) is 19.0. The van der Waals surface area contributed by atoms with Crippen LogP contribution in [0.15, 0.2) is 168 Å². The minimum absolute atomic E-state index is 0. The molecule has 12 aromatic rings. The van der Waals surface area contributed by atoms with Crippen LogP contribution in [0.1, 0.15) is 145 Å². The second-order valence-corrected chi connectivity index (χ2v) is 28.4. The highest BCUT2D eigenvalue weighted by Gasteiger charge is 2.29. The lowest BCUT2D eigenvalue weighted by atomic mass is 10.1. The van der Waals surface area contributed by atoms with Gasteiger partial charge in [-0.2, -0.15) is 25.4 Å². The molecule has 0 saturated heterocycles. The summed E-state index contributed by atoms with van der Waals surface area (Å²) < 4.78 is 50.1. The number of aliphatic hydroxyl groups is 3. The zero-order valence-corrected chi connectivity index (χ0v) is 58.2. The smallest absolute Gasteiger partial charge is 0.240 e. The van der Waals surface area contributed by atoms with Crippen LogP contribution in [0.25, 0.3) is 34.2 Å². The van der Waals surface area contributed by atoms with E-state index in [1.54, 1.807) is 61.8 Å². The molecule has 0 amide bonds. The maximum atomic E-state index is 12.3. The molecule has 0 radical (unpaired) electrons. The summed E-state index contributed by atoms with van der Waals surface area (Å²) in [6.45, 7) is 0.803. The monoisotopic (exact) mass is 1470 g/mol. The van der Waals surface area contributed by atoms with Gasteiger partial charge in [0.25, 0.3) is 0 Å². The van der Waals surface area contributed by atoms with Crippen LogP contribution >= 0.6 is 0 Å². The molecule has 0 spiro atoms. The van der Waals surface area contributed by atoms with E-state index in [0.717, 1.165) is 65.5 Å². The number of sulfonamides is 2. The van der Waals surface area contributed by atoms with Gasteiger partial charge in [-0.05, 0) is 101 Å². The summed E-state index contributed by atoms with van der Waals surface area (Å²) in [5.41, 5.74) is 9.39. The van der Waals surface area contributed by atoms with Gasteiger partial charge in [-0.15, -0.1) is 6.42 Å². The molecule has 554 valence electrons. The fourth-order valence-electron chi connectivity index (χ4n) is 10.7. The number of carbonyl (C=O) groups is 1. The molecule has 15 N–H and O–H groups in total. The standard InChI is InChI=1S/C20H20N6O3S.C18H18N6O.C17H18N6O3S.C17H17N5O.9H2/c1-2-13-12-21-19(15-4-3-5-16(10-15)30(28,29)22-8-9-27)24-20(13)23-18-11-17(25-26-18)14-6-7-14;1-11(25)13-3-2-4-14(9-13)20-18-19-8-7-16(22-18)21-17-10-15(23-24-17)12-5-6-12;18-27(25,26)13-3-1-2-11(6-13)16-19-8-12(9-24)17(21-16)20-15-7-14(22-23-15)10-4-5-10;23-10-13-9-18-16(12-4-2-1-3-5-12)20-17(13)19-15-8-14(21-22-15)11-6-7-11;;;;;;;;;/h1,3-5,10-12,14,22,27H,6-9H2,(H2,21,23,24,25,26);2-4,7-10,12H,5-6H2,1H3,(H3,19,20,21,22,23,24);1-3,6-8,10,24H,4-5,9H2,(H2,18,25,26)(H2,19,20,21,22,23);1-5,8-9,11,23H,6-7,10H2,(H2,18,19,20,21,22);9*1H. The molecule has 4 aliphatic carbocycles. The number of aliphatic hydroxyl groups excluding tert-OH is 3. The molecule has 8 aromatic heterocycles. The summed E-state index contributed by atoms with van der Waals surface area (Å²) in [6.07, 6.45) is 21.4. The number of anilines is 10. The third-order valence-corrected chi connectivity index (χ3v) is 19.3. The van der Waals surface area contributed by atoms with Crippen molar-refractivity contribution in [3.05, 3.63) is 203 Å². The molecule has 0 atom stereocenters. The van der Waals surface area contributed by atoms with Crippen LogP contribution in [0.4, 0.5) is 58.2 Å². The van der Waals surface area contributed by atoms with Crippen molar-refractivity contribution < 1.29 is 49.8 Å². The fourth-order valence-corrected chi connectivity index (χ4v) is 12.3. The van der Waals surface area contributed by atoms with E-state index in [1.165, 1.54) is 62.3 Å². The van der Waals surface area contributed by atoms with E-state index in [1.807, 2.05) is 66.7 Å². The number of benzene rings is 4. The molecular formula is C72H91N23O8S2. The predicted octanol–water partition coefficient (Wildman–Crippen LogP) is 12.3. The number of ketones is 1. The number of aromatic amines is 4. The van der Waals surface area contributed by atoms with Crippen molar-refractivity contribution in [3.8, 4) is 46.5 Å². The number of carbonyl (C=O) groups excluding carboxylic acids is 1. The maximum absolute atomic E-state index is 12.3. The lowest BCUT2D eigenvalue weighted by molar-refractivity contribution is 0.101. The van der Waals surface area contributed by atoms with E-state index >= 15 is 0 Å². The number of primary sulfonamides is 1. The van der Waals surface area contributed by atoms with Crippen molar-refractivity contribution >= 4 is 84.0 Å². The van der Waals surface area contributed by atoms with Crippen LogP contribution in [0.5, 0.6) is 0 Å². The van der Waals surface area contributed by atoms with Gasteiger partial charge in [-0.3, -0.25) is 25.2 Å². The highest BCUT2D eigenvalue weighted by molar-refractivity contribution is 7.89. The number of hydrogen-bond donors (Lipinski definition) is 14. The number of aromatic nitrogens is 16. The van der Waals surface area contributed by atoms with Crippen LogP contribution in [0.2, 0.25) is 0 Å². The average molecular weight is 1470 g/mol. The summed E-state index contributed by atoms with van der Waals surface area (Å²) in [7, 11) is -7.58. The minimum atomic E-state index is -3.83. The normalized spacial score (nSPS) is 13.9. The van der Waals surface area contributed by atoms with Gasteiger partial charge in [0.2, 0.25) is 26.0 Å². The summed E-state index contributed by atoms with van der Waals surface area (Å²) in [5.74, 6) is 11.2. The van der Waals surface area contributed by atoms with Crippen molar-refractivity contribution in [2.75, 3.05) is 39.7 Å². The molecule has 4 fully saturated rings. The molecule has 4 aromatic carbocycles. The Kier molecular flexibility index (Phi) is 21.8. The molecular weight excluding hydrogens is 1380 g/mol. The molecule has 16 rings (SSSR count). The molecule has 8 heterocycles. The third-order valence-electron chi connectivity index (χ3n) is 16.9. The number of hydrogen-bond acceptors (Lipinski definition) is 25. The Hall–Kier alpha value is -12.0. The Balaban J connectivity index is 0.000000313. The zero-order valence-electron chi connectivity index (χ0n) is 56.5. The lowest BCUT2D eigenvalue weighted by Crippen LogP contribution is -2.26. The van der Waals surface area contributed by atoms with Crippen LogP contribution in [-0.4, -0.2) is 132 Å². The zero-order chi connectivity index (χ0) is 73.0. The number of Topliss-reactive ketones (excluding diaryl/α,β-unsaturated/α-hetero) is 1. The van der Waals surface area contributed by atoms with Gasteiger partial charge in [-0.1, -0.05) is 72.7 Å². The highest BCUT2D eigenvalue weighted by Crippen LogP contribution is 2.43. The first kappa shape index (κ1) is 71.4. The molecule has 105 heavy (non-hydrogen) atoms. The first-order valence-electron chi connectivity index (χ1n) is 33.6. The molecule has 0 unspecified atom stereocenters. The minimum Gasteiger partial charge on any atom is -0.395 e. The molecule has 0 bridgehead atoms. The molecule has 31 nitrogen and oxygen atoms in total. The molecule has 4 aliphatic rings. The van der Waals surface area contributed by atoms with Crippen molar-refractivity contribution in [2.45, 2.75) is 105 Å². The quantitative estimate of drug-likeness (QED) is 0.0187. The van der Waals surface area contributed by atoms with Crippen LogP contribution in [-0.2, 0) is 33.3 Å². The molecule has 0 aliphatic heterocycles. The Bertz CT molecular complexity index is 5380. The van der Waals surface area contributed by atoms with Gasteiger partial charge in [0.15, 0.2) is 52.3 Å². The Morgan fingerprint density at radius 3 is 1.46 bits per heavy atom. The fraction of sp³-hybridized carbons (Fsp3) is 0.236. The summed E-state index contributed by atoms with van der Waals surface area (Å²) in [4.78, 5) is 46.4. The van der Waals surface area contributed by atoms with E-state index < -0.39 is 20.0 Å². The number of nitrogens with two attached hydrogens (primary N) is 1. The first-order chi connectivity index (χ1) is 50.9. The molecule has 33 heteroatoms. The van der Waals surface area contributed by atoms with E-state index in [2.05, 4.69) is 118 Å². The second-order valence-electron chi connectivity index (χ2n) is 25.1. The largest absolute Gasteiger partial charge is 0.395 e. The SMILES string of the molecule is C#Cc1cnc(-c2cccc(S(=O)(=O)NCCO)c2)nc1Nc1cc(C2CC2)[nH]n1.CC(=O)c1cccc(Nc2nccc(Nc3cc(C4CC4)[nH]n3)n2)c1.NS(=O)(=O)c1cccc(-c2ncc(CO)c(Nc3cc(C4CC4)[nH]n3)n2)c1.OCc1cnc(-c2ccccc2)nc1Nc1cc(C2CC2)[nH]n1.[HH].[HH].[HH].[HH].[HH].[HH].[HH].[HH].[HH]. The Morgan fingerprint density at radius 1 is 0.514 bits per heavy atom. The Labute approximate surface area is 616 Å². The molecule has 4 saturated carbocycles. The number of rotatable bonds is 25. The number of nitrogens with zero attached hydrogens (tertiary/aromatic N) is 12. The van der Waals surface area contributed by atoms with Gasteiger partial charge in [-0.25, -0.2) is 61.6 Å². The van der Waals surface area contributed by atoms with E-state index in [0.29, 0.717) is 121 Å². The van der Waals surface area contributed by atoms with Crippen molar-refractivity contribution in [2.24, 2.45) is 5.14 Å². The number of terminal acetylenes is 1. The van der Waals surface area contributed by atoms with Crippen molar-refractivity contribution in [1.82, 2.24) is 85.4 Å². The van der Waals surface area contributed by atoms with Crippen molar-refractivity contribution in [3.63, 3.8) is 0 Å². The maximum Gasteiger partial charge on any atom is 0.240 e. The summed E-state index contributed by atoms with van der Waals surface area (Å²) >= 11 is 0. The Morgan fingerprint density at radius 2 is 0.971 bits per heavy atom. The van der Waals surface area contributed by atoms with Gasteiger partial charge >= 0.3 is 0 Å². The van der Waals surface area contributed by atoms with Crippen LogP contribution < -0.4 is 36.4 Å². The van der Waals surface area contributed by atoms with Gasteiger partial charge in [0.05, 0.1) is 35.2 Å². The first-order valence-corrected chi connectivity index (χ1v) is 36.6. The van der Waals surface area contributed by atoms with Crippen molar-refractivity contribution in [1.29, 1.82) is 0 Å².